The normalized spacial score (nSPS) is 12.6. The third-order valence-electron chi connectivity index (χ3n) is 3.45. The molecule has 0 radical (unpaired) electrons. The second-order valence-corrected chi connectivity index (χ2v) is 7.00. The van der Waals surface area contributed by atoms with E-state index < -0.39 is 0 Å². The monoisotopic (exact) mass is 316 g/mol. The van der Waals surface area contributed by atoms with Crippen LogP contribution in [0.4, 0.5) is 0 Å². The second-order valence-electron chi connectivity index (χ2n) is 4.86. The highest BCUT2D eigenvalue weighted by molar-refractivity contribution is 7.14. The van der Waals surface area contributed by atoms with Crippen LogP contribution in [0.2, 0.25) is 0 Å². The summed E-state index contributed by atoms with van der Waals surface area (Å²) < 4.78 is 0. The van der Waals surface area contributed by atoms with Gasteiger partial charge in [0.15, 0.2) is 0 Å². The fourth-order valence-electron chi connectivity index (χ4n) is 2.42. The van der Waals surface area contributed by atoms with Crippen molar-refractivity contribution in [2.75, 3.05) is 6.54 Å². The molecule has 0 unspecified atom stereocenters. The molecule has 1 amide bonds. The molecular weight excluding hydrogens is 300 g/mol. The first kappa shape index (κ1) is 14.3. The zero-order valence-electron chi connectivity index (χ0n) is 11.6. The number of hydrogen-bond acceptors (Lipinski definition) is 4. The van der Waals surface area contributed by atoms with Crippen LogP contribution >= 0.6 is 22.7 Å². The minimum absolute atomic E-state index is 0.0144. The zero-order valence-corrected chi connectivity index (χ0v) is 13.2. The summed E-state index contributed by atoms with van der Waals surface area (Å²) in [5, 5.41) is 4.98. The minimum Gasteiger partial charge on any atom is -0.346 e. The van der Waals surface area contributed by atoms with E-state index in [1.54, 1.807) is 22.7 Å². The minimum atomic E-state index is 0.0144. The number of fused-ring (bicyclic) bond motifs is 1. The molecule has 0 fully saturated rings. The van der Waals surface area contributed by atoms with Crippen molar-refractivity contribution in [1.82, 2.24) is 5.32 Å². The van der Waals surface area contributed by atoms with Crippen molar-refractivity contribution in [3.63, 3.8) is 0 Å². The van der Waals surface area contributed by atoms with Crippen molar-refractivity contribution in [2.45, 2.75) is 25.8 Å². The van der Waals surface area contributed by atoms with E-state index in [-0.39, 0.29) is 5.91 Å². The topological polar surface area (TPSA) is 55.1 Å². The molecular formula is C16H16N2OS2. The number of nitrogens with one attached hydrogen (secondary N) is 1. The van der Waals surface area contributed by atoms with E-state index in [0.29, 0.717) is 13.1 Å². The number of rotatable bonds is 3. The van der Waals surface area contributed by atoms with Gasteiger partial charge in [-0.3, -0.25) is 4.79 Å². The summed E-state index contributed by atoms with van der Waals surface area (Å²) in [6.07, 6.45) is 3.46. The fourth-order valence-corrected chi connectivity index (χ4v) is 4.36. The summed E-state index contributed by atoms with van der Waals surface area (Å²) in [4.78, 5) is 15.5. The molecule has 3 N–H and O–H groups in total. The van der Waals surface area contributed by atoms with Crippen LogP contribution in [0.5, 0.6) is 0 Å². The molecule has 108 valence electrons. The van der Waals surface area contributed by atoms with Crippen molar-refractivity contribution in [3.05, 3.63) is 43.3 Å². The molecule has 0 spiro atoms. The predicted octanol–water partition coefficient (Wildman–Crippen LogP) is 2.54. The zero-order chi connectivity index (χ0) is 14.7. The molecule has 1 aliphatic rings. The average Bonchev–Trinajstić information content (AvgIpc) is 3.17. The van der Waals surface area contributed by atoms with E-state index in [2.05, 4.69) is 17.2 Å². The fraction of sp³-hybridized carbons (Fsp3) is 0.312. The van der Waals surface area contributed by atoms with Crippen LogP contribution in [0.15, 0.2) is 17.5 Å². The van der Waals surface area contributed by atoms with Crippen molar-refractivity contribution in [3.8, 4) is 11.8 Å². The Morgan fingerprint density at radius 1 is 1.43 bits per heavy atom. The van der Waals surface area contributed by atoms with Crippen molar-refractivity contribution in [1.29, 1.82) is 0 Å². The molecule has 1 aliphatic carbocycles. The number of nitrogens with two attached hydrogens (primary N) is 1. The molecule has 3 nitrogen and oxygen atoms in total. The van der Waals surface area contributed by atoms with Gasteiger partial charge in [-0.05, 0) is 42.3 Å². The van der Waals surface area contributed by atoms with E-state index in [9.17, 15) is 4.79 Å². The highest BCUT2D eigenvalue weighted by Crippen LogP contribution is 2.30. The van der Waals surface area contributed by atoms with Crippen LogP contribution < -0.4 is 11.1 Å². The predicted molar refractivity (Wildman–Crippen MR) is 87.8 cm³/mol. The number of carbonyl (C=O) groups excluding carboxylic acids is 1. The lowest BCUT2D eigenvalue weighted by atomic mass is 10.2. The molecule has 2 aromatic rings. The second kappa shape index (κ2) is 6.44. The van der Waals surface area contributed by atoms with Gasteiger partial charge >= 0.3 is 0 Å². The third kappa shape index (κ3) is 3.18. The van der Waals surface area contributed by atoms with Gasteiger partial charge in [0, 0.05) is 15.3 Å². The molecule has 0 saturated heterocycles. The van der Waals surface area contributed by atoms with Crippen LogP contribution in [-0.4, -0.2) is 12.5 Å². The number of amides is 1. The van der Waals surface area contributed by atoms with Gasteiger partial charge in [0.05, 0.1) is 18.0 Å². The van der Waals surface area contributed by atoms with Gasteiger partial charge in [0.2, 0.25) is 0 Å². The first-order valence-corrected chi connectivity index (χ1v) is 8.62. The summed E-state index contributed by atoms with van der Waals surface area (Å²) in [7, 11) is 0. The molecule has 0 atom stereocenters. The highest BCUT2D eigenvalue weighted by atomic mass is 32.1. The van der Waals surface area contributed by atoms with Gasteiger partial charge in [-0.2, -0.15) is 0 Å². The number of hydrogen-bond donors (Lipinski definition) is 2. The maximum absolute atomic E-state index is 12.2. The molecule has 2 heterocycles. The summed E-state index contributed by atoms with van der Waals surface area (Å²) in [5.41, 5.74) is 7.70. The van der Waals surface area contributed by atoms with Crippen molar-refractivity contribution in [2.24, 2.45) is 5.73 Å². The van der Waals surface area contributed by atoms with Gasteiger partial charge in [-0.15, -0.1) is 22.7 Å². The summed E-state index contributed by atoms with van der Waals surface area (Å²) in [6, 6.07) is 4.01. The molecule has 0 saturated carbocycles. The Morgan fingerprint density at radius 2 is 2.33 bits per heavy atom. The maximum atomic E-state index is 12.2. The lowest BCUT2D eigenvalue weighted by Crippen LogP contribution is -2.21. The smallest absolute Gasteiger partial charge is 0.261 e. The lowest BCUT2D eigenvalue weighted by Gasteiger charge is -2.02. The van der Waals surface area contributed by atoms with E-state index >= 15 is 0 Å². The van der Waals surface area contributed by atoms with E-state index in [4.69, 9.17) is 5.73 Å². The third-order valence-corrected chi connectivity index (χ3v) is 5.61. The van der Waals surface area contributed by atoms with E-state index in [1.165, 1.54) is 16.9 Å². The number of thiophene rings is 2. The van der Waals surface area contributed by atoms with Crippen LogP contribution in [0.3, 0.4) is 0 Å². The van der Waals surface area contributed by atoms with E-state index in [0.717, 1.165) is 28.2 Å². The van der Waals surface area contributed by atoms with Crippen LogP contribution in [0.25, 0.3) is 0 Å². The number of aryl methyl sites for hydroxylation is 2. The Kier molecular flexibility index (Phi) is 4.39. The van der Waals surface area contributed by atoms with Crippen LogP contribution in [0.1, 0.15) is 37.0 Å². The first-order valence-electron chi connectivity index (χ1n) is 6.93. The van der Waals surface area contributed by atoms with Gasteiger partial charge in [-0.1, -0.05) is 11.8 Å². The molecule has 21 heavy (non-hydrogen) atoms. The largest absolute Gasteiger partial charge is 0.346 e. The van der Waals surface area contributed by atoms with Gasteiger partial charge in [0.25, 0.3) is 5.91 Å². The Balaban J connectivity index is 1.64. The molecule has 0 aliphatic heterocycles. The Labute approximate surface area is 132 Å². The van der Waals surface area contributed by atoms with Crippen molar-refractivity contribution < 1.29 is 4.79 Å². The quantitative estimate of drug-likeness (QED) is 0.855. The maximum Gasteiger partial charge on any atom is 0.261 e. The highest BCUT2D eigenvalue weighted by Gasteiger charge is 2.18. The first-order chi connectivity index (χ1) is 10.3. The number of carbonyl (C=O) groups is 1. The molecule has 3 rings (SSSR count). The van der Waals surface area contributed by atoms with Gasteiger partial charge < -0.3 is 11.1 Å². The van der Waals surface area contributed by atoms with Crippen LogP contribution in [0, 0.1) is 11.8 Å². The SMILES string of the molecule is NCC#Cc1ccsc1CNC(=O)c1cc2c(s1)CCC2. The van der Waals surface area contributed by atoms with Crippen LogP contribution in [-0.2, 0) is 19.4 Å². The Bertz CT molecular complexity index is 697. The molecule has 5 heteroatoms. The lowest BCUT2D eigenvalue weighted by molar-refractivity contribution is 0.0955. The summed E-state index contributed by atoms with van der Waals surface area (Å²) >= 11 is 3.24. The average molecular weight is 316 g/mol. The summed E-state index contributed by atoms with van der Waals surface area (Å²) in [5.74, 6) is 5.90. The summed E-state index contributed by atoms with van der Waals surface area (Å²) in [6.45, 7) is 0.871. The van der Waals surface area contributed by atoms with Gasteiger partial charge in [0.1, 0.15) is 0 Å². The molecule has 0 bridgehead atoms. The Morgan fingerprint density at radius 3 is 3.14 bits per heavy atom. The Hall–Kier alpha value is -1.61. The molecule has 0 aromatic carbocycles. The molecule has 2 aromatic heterocycles. The van der Waals surface area contributed by atoms with E-state index in [1.807, 2.05) is 17.5 Å². The standard InChI is InChI=1S/C16H16N2OS2/c17-7-2-4-11-6-8-20-15(11)10-18-16(19)14-9-12-3-1-5-13(12)21-14/h6,8-9H,1,3,5,7,10,17H2,(H,18,19). The van der Waals surface area contributed by atoms with Gasteiger partial charge in [-0.25, -0.2) is 0 Å². The van der Waals surface area contributed by atoms with Crippen molar-refractivity contribution >= 4 is 28.6 Å².